The number of pyridine rings is 1. The summed E-state index contributed by atoms with van der Waals surface area (Å²) < 4.78 is 0. The van der Waals surface area contributed by atoms with Crippen LogP contribution in [-0.4, -0.2) is 4.98 Å². The van der Waals surface area contributed by atoms with E-state index in [2.05, 4.69) is 24.0 Å². The van der Waals surface area contributed by atoms with Crippen LogP contribution < -0.4 is 0 Å². The normalized spacial score (nSPS) is 10.9. The third-order valence-electron chi connectivity index (χ3n) is 2.46. The SMILES string of the molecule is CCc1ccc2nc(Cl)c(CCl)cc2c1. The maximum atomic E-state index is 5.98. The van der Waals surface area contributed by atoms with Crippen LogP contribution in [0.3, 0.4) is 0 Å². The highest BCUT2D eigenvalue weighted by Gasteiger charge is 2.04. The third kappa shape index (κ3) is 2.09. The maximum Gasteiger partial charge on any atom is 0.134 e. The molecule has 1 aromatic heterocycles. The van der Waals surface area contributed by atoms with Crippen molar-refractivity contribution < 1.29 is 0 Å². The quantitative estimate of drug-likeness (QED) is 0.566. The summed E-state index contributed by atoms with van der Waals surface area (Å²) in [6, 6.07) is 8.22. The first-order valence-corrected chi connectivity index (χ1v) is 5.80. The first-order chi connectivity index (χ1) is 7.24. The molecule has 0 fully saturated rings. The molecule has 2 aromatic rings. The van der Waals surface area contributed by atoms with E-state index in [1.165, 1.54) is 5.56 Å². The fourth-order valence-electron chi connectivity index (χ4n) is 1.56. The molecule has 1 nitrogen and oxygen atoms in total. The van der Waals surface area contributed by atoms with Crippen molar-refractivity contribution in [2.75, 3.05) is 0 Å². The number of nitrogens with zero attached hydrogens (tertiary/aromatic N) is 1. The van der Waals surface area contributed by atoms with Crippen LogP contribution in [0.2, 0.25) is 5.15 Å². The molecule has 0 saturated carbocycles. The molecule has 15 heavy (non-hydrogen) atoms. The molecule has 1 aromatic carbocycles. The van der Waals surface area contributed by atoms with Gasteiger partial charge in [-0.3, -0.25) is 0 Å². The van der Waals surface area contributed by atoms with Gasteiger partial charge in [0.2, 0.25) is 0 Å². The van der Waals surface area contributed by atoms with Crippen LogP contribution in [0.25, 0.3) is 10.9 Å². The minimum Gasteiger partial charge on any atom is -0.236 e. The first-order valence-electron chi connectivity index (χ1n) is 4.88. The Morgan fingerprint density at radius 1 is 1.27 bits per heavy atom. The summed E-state index contributed by atoms with van der Waals surface area (Å²) in [5.41, 5.74) is 3.11. The van der Waals surface area contributed by atoms with Crippen molar-refractivity contribution in [3.05, 3.63) is 40.5 Å². The molecule has 0 radical (unpaired) electrons. The fourth-order valence-corrected chi connectivity index (χ4v) is 2.04. The van der Waals surface area contributed by atoms with Gasteiger partial charge in [0.05, 0.1) is 11.4 Å². The molecular formula is C12H11Cl2N. The van der Waals surface area contributed by atoms with Gasteiger partial charge in [0.1, 0.15) is 5.15 Å². The Hall–Kier alpha value is -0.790. The van der Waals surface area contributed by atoms with Gasteiger partial charge in [-0.2, -0.15) is 0 Å². The zero-order chi connectivity index (χ0) is 10.8. The molecule has 0 bridgehead atoms. The van der Waals surface area contributed by atoms with E-state index in [0.29, 0.717) is 11.0 Å². The van der Waals surface area contributed by atoms with Crippen molar-refractivity contribution in [1.82, 2.24) is 4.98 Å². The van der Waals surface area contributed by atoms with Crippen molar-refractivity contribution >= 4 is 34.1 Å². The van der Waals surface area contributed by atoms with Crippen molar-refractivity contribution in [2.24, 2.45) is 0 Å². The summed E-state index contributed by atoms with van der Waals surface area (Å²) in [6.45, 7) is 2.13. The number of hydrogen-bond donors (Lipinski definition) is 0. The summed E-state index contributed by atoms with van der Waals surface area (Å²) in [5, 5.41) is 1.61. The van der Waals surface area contributed by atoms with Gasteiger partial charge in [0.25, 0.3) is 0 Å². The van der Waals surface area contributed by atoms with Gasteiger partial charge < -0.3 is 0 Å². The molecule has 1 heterocycles. The van der Waals surface area contributed by atoms with Gasteiger partial charge in [-0.05, 0) is 30.2 Å². The Bertz CT molecular complexity index is 494. The number of halogens is 2. The Morgan fingerprint density at radius 3 is 2.73 bits per heavy atom. The minimum absolute atomic E-state index is 0.401. The number of aromatic nitrogens is 1. The van der Waals surface area contributed by atoms with Crippen LogP contribution in [0.5, 0.6) is 0 Å². The van der Waals surface area contributed by atoms with Crippen LogP contribution in [0.1, 0.15) is 18.1 Å². The Morgan fingerprint density at radius 2 is 2.07 bits per heavy atom. The third-order valence-corrected chi connectivity index (χ3v) is 3.07. The zero-order valence-corrected chi connectivity index (χ0v) is 9.94. The second-order valence-electron chi connectivity index (χ2n) is 3.45. The van der Waals surface area contributed by atoms with Crippen LogP contribution in [0, 0.1) is 0 Å². The summed E-state index contributed by atoms with van der Waals surface area (Å²) in [4.78, 5) is 4.30. The fraction of sp³-hybridized carbons (Fsp3) is 0.250. The Kier molecular flexibility index (Phi) is 3.13. The van der Waals surface area contributed by atoms with E-state index < -0.39 is 0 Å². The number of hydrogen-bond acceptors (Lipinski definition) is 1. The standard InChI is InChI=1S/C12H11Cl2N/c1-2-8-3-4-11-9(5-8)6-10(7-13)12(14)15-11/h3-6H,2,7H2,1H3. The number of alkyl halides is 1. The highest BCUT2D eigenvalue weighted by Crippen LogP contribution is 2.22. The van der Waals surface area contributed by atoms with Crippen molar-refractivity contribution in [3.63, 3.8) is 0 Å². The number of aryl methyl sites for hydroxylation is 1. The molecule has 0 aliphatic carbocycles. The lowest BCUT2D eigenvalue weighted by Crippen LogP contribution is -1.88. The van der Waals surface area contributed by atoms with Crippen LogP contribution in [0.15, 0.2) is 24.3 Å². The Labute approximate surface area is 99.0 Å². The lowest BCUT2D eigenvalue weighted by atomic mass is 10.1. The molecule has 0 N–H and O–H groups in total. The number of rotatable bonds is 2. The van der Waals surface area contributed by atoms with E-state index in [0.717, 1.165) is 22.9 Å². The van der Waals surface area contributed by atoms with E-state index in [9.17, 15) is 0 Å². The zero-order valence-electron chi connectivity index (χ0n) is 8.43. The molecule has 0 aliphatic rings. The average Bonchev–Trinajstić information content (AvgIpc) is 2.27. The summed E-state index contributed by atoms with van der Waals surface area (Å²) in [5.74, 6) is 0.401. The van der Waals surface area contributed by atoms with E-state index in [-0.39, 0.29) is 0 Å². The van der Waals surface area contributed by atoms with E-state index >= 15 is 0 Å². The molecule has 0 atom stereocenters. The van der Waals surface area contributed by atoms with Gasteiger partial charge >= 0.3 is 0 Å². The van der Waals surface area contributed by atoms with E-state index in [4.69, 9.17) is 23.2 Å². The predicted molar refractivity (Wildman–Crippen MR) is 65.7 cm³/mol. The van der Waals surface area contributed by atoms with Crippen LogP contribution in [0.4, 0.5) is 0 Å². The highest BCUT2D eigenvalue weighted by molar-refractivity contribution is 6.31. The van der Waals surface area contributed by atoms with Crippen molar-refractivity contribution in [2.45, 2.75) is 19.2 Å². The molecule has 0 amide bonds. The smallest absolute Gasteiger partial charge is 0.134 e. The van der Waals surface area contributed by atoms with Gasteiger partial charge in [0, 0.05) is 10.9 Å². The minimum atomic E-state index is 0.401. The highest BCUT2D eigenvalue weighted by atomic mass is 35.5. The lowest BCUT2D eigenvalue weighted by Gasteiger charge is -2.04. The maximum absolute atomic E-state index is 5.98. The van der Waals surface area contributed by atoms with Crippen molar-refractivity contribution in [1.29, 1.82) is 0 Å². The largest absolute Gasteiger partial charge is 0.236 e. The second kappa shape index (κ2) is 4.38. The average molecular weight is 240 g/mol. The van der Waals surface area contributed by atoms with E-state index in [1.54, 1.807) is 0 Å². The molecule has 2 rings (SSSR count). The van der Waals surface area contributed by atoms with Gasteiger partial charge in [-0.25, -0.2) is 4.98 Å². The topological polar surface area (TPSA) is 12.9 Å². The number of benzene rings is 1. The van der Waals surface area contributed by atoms with Gasteiger partial charge in [-0.15, -0.1) is 11.6 Å². The monoisotopic (exact) mass is 239 g/mol. The molecule has 0 saturated heterocycles. The molecular weight excluding hydrogens is 229 g/mol. The van der Waals surface area contributed by atoms with Gasteiger partial charge in [0.15, 0.2) is 0 Å². The predicted octanol–water partition coefficient (Wildman–Crippen LogP) is 4.19. The summed E-state index contributed by atoms with van der Waals surface area (Å²) >= 11 is 11.8. The molecule has 78 valence electrons. The molecule has 3 heteroatoms. The molecule has 0 aliphatic heterocycles. The van der Waals surface area contributed by atoms with Crippen LogP contribution >= 0.6 is 23.2 Å². The summed E-state index contributed by atoms with van der Waals surface area (Å²) in [6.07, 6.45) is 1.02. The first kappa shape index (κ1) is 10.7. The van der Waals surface area contributed by atoms with E-state index in [1.807, 2.05) is 12.1 Å². The van der Waals surface area contributed by atoms with Crippen molar-refractivity contribution in [3.8, 4) is 0 Å². The molecule has 0 unspecified atom stereocenters. The number of fused-ring (bicyclic) bond motifs is 1. The van der Waals surface area contributed by atoms with Gasteiger partial charge in [-0.1, -0.05) is 24.6 Å². The molecule has 0 spiro atoms. The Balaban J connectivity index is 2.66. The summed E-state index contributed by atoms with van der Waals surface area (Å²) in [7, 11) is 0. The van der Waals surface area contributed by atoms with Crippen LogP contribution in [-0.2, 0) is 12.3 Å². The second-order valence-corrected chi connectivity index (χ2v) is 4.08. The lowest BCUT2D eigenvalue weighted by molar-refractivity contribution is 1.14.